The second kappa shape index (κ2) is 5.01. The summed E-state index contributed by atoms with van der Waals surface area (Å²) in [6, 6.07) is 10.1. The van der Waals surface area contributed by atoms with Gasteiger partial charge in [-0.25, -0.2) is 9.67 Å². The number of para-hydroxylation sites is 1. The van der Waals surface area contributed by atoms with Crippen molar-refractivity contribution in [2.24, 2.45) is 5.73 Å². The van der Waals surface area contributed by atoms with E-state index < -0.39 is 0 Å². The van der Waals surface area contributed by atoms with Crippen LogP contribution in [-0.2, 0) is 13.0 Å². The molecule has 0 fully saturated rings. The van der Waals surface area contributed by atoms with Crippen molar-refractivity contribution < 1.29 is 4.74 Å². The van der Waals surface area contributed by atoms with Crippen molar-refractivity contribution in [1.29, 1.82) is 0 Å². The number of rotatable bonds is 3. The van der Waals surface area contributed by atoms with Crippen molar-refractivity contribution in [2.45, 2.75) is 38.5 Å². The van der Waals surface area contributed by atoms with Crippen LogP contribution < -0.4 is 10.5 Å². The van der Waals surface area contributed by atoms with Crippen LogP contribution >= 0.6 is 0 Å². The van der Waals surface area contributed by atoms with Crippen LogP contribution in [0.3, 0.4) is 0 Å². The zero-order valence-corrected chi connectivity index (χ0v) is 11.0. The molecule has 1 aliphatic heterocycles. The van der Waals surface area contributed by atoms with Crippen LogP contribution in [0.1, 0.15) is 31.0 Å². The number of hydrogen-bond acceptors (Lipinski definition) is 4. The van der Waals surface area contributed by atoms with E-state index in [4.69, 9.17) is 10.5 Å². The Hall–Kier alpha value is -1.88. The zero-order valence-electron chi connectivity index (χ0n) is 11.0. The zero-order chi connectivity index (χ0) is 13.2. The summed E-state index contributed by atoms with van der Waals surface area (Å²) in [7, 11) is 0. The van der Waals surface area contributed by atoms with Crippen molar-refractivity contribution in [1.82, 2.24) is 14.8 Å². The van der Waals surface area contributed by atoms with Gasteiger partial charge in [-0.15, -0.1) is 0 Å². The van der Waals surface area contributed by atoms with Crippen LogP contribution in [0.4, 0.5) is 0 Å². The molecule has 2 atom stereocenters. The van der Waals surface area contributed by atoms with E-state index in [9.17, 15) is 0 Å². The normalized spacial score (nSPS) is 22.0. The molecule has 0 amide bonds. The van der Waals surface area contributed by atoms with E-state index in [1.807, 2.05) is 35.0 Å². The van der Waals surface area contributed by atoms with Gasteiger partial charge in [0, 0.05) is 12.5 Å². The number of aromatic nitrogens is 3. The lowest BCUT2D eigenvalue weighted by Crippen LogP contribution is -2.36. The highest BCUT2D eigenvalue weighted by Gasteiger charge is 2.25. The summed E-state index contributed by atoms with van der Waals surface area (Å²) in [5.41, 5.74) is 6.05. The molecule has 2 unspecified atom stereocenters. The van der Waals surface area contributed by atoms with E-state index in [0.717, 1.165) is 30.2 Å². The third kappa shape index (κ3) is 2.46. The number of nitrogens with two attached hydrogens (primary N) is 1. The summed E-state index contributed by atoms with van der Waals surface area (Å²) >= 11 is 0. The molecule has 5 nitrogen and oxygen atoms in total. The quantitative estimate of drug-likeness (QED) is 0.909. The summed E-state index contributed by atoms with van der Waals surface area (Å²) in [6.45, 7) is 2.48. The third-order valence-corrected chi connectivity index (χ3v) is 3.56. The Labute approximate surface area is 112 Å². The number of hydrogen-bond donors (Lipinski definition) is 1. The number of nitrogens with zero attached hydrogens (tertiary/aromatic N) is 3. The lowest BCUT2D eigenvalue weighted by molar-refractivity contribution is 0.291. The van der Waals surface area contributed by atoms with Crippen molar-refractivity contribution in [3.8, 4) is 5.75 Å². The second-order valence-corrected chi connectivity index (χ2v) is 4.93. The Morgan fingerprint density at radius 3 is 2.95 bits per heavy atom. The maximum absolute atomic E-state index is 6.05. The van der Waals surface area contributed by atoms with Gasteiger partial charge in [0.05, 0.1) is 6.04 Å². The smallest absolute Gasteiger partial charge is 0.188 e. The van der Waals surface area contributed by atoms with Gasteiger partial charge >= 0.3 is 0 Å². The fourth-order valence-corrected chi connectivity index (χ4v) is 2.35. The minimum Gasteiger partial charge on any atom is -0.486 e. The molecule has 0 bridgehead atoms. The first-order chi connectivity index (χ1) is 9.24. The van der Waals surface area contributed by atoms with Crippen LogP contribution in [0, 0.1) is 0 Å². The molecule has 0 spiro atoms. The summed E-state index contributed by atoms with van der Waals surface area (Å²) in [6.07, 6.45) is 1.86. The Morgan fingerprint density at radius 2 is 2.16 bits per heavy atom. The average Bonchev–Trinajstić information content (AvgIpc) is 2.86. The van der Waals surface area contributed by atoms with Crippen molar-refractivity contribution >= 4 is 0 Å². The minimum atomic E-state index is 0.164. The van der Waals surface area contributed by atoms with E-state index in [1.165, 1.54) is 0 Å². The molecule has 2 aromatic rings. The molecule has 2 heterocycles. The summed E-state index contributed by atoms with van der Waals surface area (Å²) in [5.74, 6) is 2.57. The SMILES string of the molecule is CC1C(N)CCc2nc(COc3ccccc3)nn21. The molecule has 0 aliphatic carbocycles. The first-order valence-electron chi connectivity index (χ1n) is 6.62. The van der Waals surface area contributed by atoms with Crippen LogP contribution in [0.2, 0.25) is 0 Å². The molecule has 0 saturated heterocycles. The van der Waals surface area contributed by atoms with Gasteiger partial charge in [-0.05, 0) is 25.5 Å². The first kappa shape index (κ1) is 12.2. The Morgan fingerprint density at radius 1 is 1.37 bits per heavy atom. The Bertz CT molecular complexity index is 552. The second-order valence-electron chi connectivity index (χ2n) is 4.93. The Kier molecular flexibility index (Phi) is 3.21. The number of benzene rings is 1. The van der Waals surface area contributed by atoms with Gasteiger partial charge in [-0.2, -0.15) is 5.10 Å². The van der Waals surface area contributed by atoms with Gasteiger partial charge in [-0.3, -0.25) is 0 Å². The van der Waals surface area contributed by atoms with Gasteiger partial charge in [-0.1, -0.05) is 18.2 Å². The highest BCUT2D eigenvalue weighted by atomic mass is 16.5. The lowest BCUT2D eigenvalue weighted by Gasteiger charge is -2.25. The standard InChI is InChI=1S/C14H18N4O/c1-10-12(15)7-8-14-16-13(17-18(10)14)9-19-11-5-3-2-4-6-11/h2-6,10,12H,7-9,15H2,1H3. The van der Waals surface area contributed by atoms with Gasteiger partial charge in [0.25, 0.3) is 0 Å². The highest BCUT2D eigenvalue weighted by molar-refractivity contribution is 5.21. The summed E-state index contributed by atoms with van der Waals surface area (Å²) < 4.78 is 7.60. The first-order valence-corrected chi connectivity index (χ1v) is 6.62. The predicted molar refractivity (Wildman–Crippen MR) is 71.8 cm³/mol. The summed E-state index contributed by atoms with van der Waals surface area (Å²) in [4.78, 5) is 4.52. The van der Waals surface area contributed by atoms with Gasteiger partial charge < -0.3 is 10.5 Å². The fraction of sp³-hybridized carbons (Fsp3) is 0.429. The third-order valence-electron chi connectivity index (χ3n) is 3.56. The average molecular weight is 258 g/mol. The molecule has 1 aliphatic rings. The van der Waals surface area contributed by atoms with Crippen LogP contribution in [0.25, 0.3) is 0 Å². The molecule has 1 aromatic carbocycles. The van der Waals surface area contributed by atoms with E-state index in [1.54, 1.807) is 0 Å². The molecule has 19 heavy (non-hydrogen) atoms. The van der Waals surface area contributed by atoms with Crippen molar-refractivity contribution in [3.05, 3.63) is 42.0 Å². The molecule has 1 aromatic heterocycles. The monoisotopic (exact) mass is 258 g/mol. The van der Waals surface area contributed by atoms with Gasteiger partial charge in [0.2, 0.25) is 0 Å². The van der Waals surface area contributed by atoms with E-state index in [2.05, 4.69) is 17.0 Å². The minimum absolute atomic E-state index is 0.164. The molecule has 0 radical (unpaired) electrons. The number of aryl methyl sites for hydroxylation is 1. The summed E-state index contributed by atoms with van der Waals surface area (Å²) in [5, 5.41) is 4.50. The van der Waals surface area contributed by atoms with Gasteiger partial charge in [0.15, 0.2) is 5.82 Å². The molecular weight excluding hydrogens is 240 g/mol. The molecule has 2 N–H and O–H groups in total. The predicted octanol–water partition coefficient (Wildman–Crippen LogP) is 1.69. The largest absolute Gasteiger partial charge is 0.486 e. The fourth-order valence-electron chi connectivity index (χ4n) is 2.35. The molecule has 5 heteroatoms. The molecule has 0 saturated carbocycles. The van der Waals surface area contributed by atoms with E-state index in [-0.39, 0.29) is 12.1 Å². The maximum Gasteiger partial charge on any atom is 0.188 e. The van der Waals surface area contributed by atoms with Crippen LogP contribution in [-0.4, -0.2) is 20.8 Å². The lowest BCUT2D eigenvalue weighted by atomic mass is 10.0. The van der Waals surface area contributed by atoms with Crippen molar-refractivity contribution in [2.75, 3.05) is 0 Å². The van der Waals surface area contributed by atoms with Crippen molar-refractivity contribution in [3.63, 3.8) is 0 Å². The highest BCUT2D eigenvalue weighted by Crippen LogP contribution is 2.22. The Balaban J connectivity index is 1.72. The molecular formula is C14H18N4O. The van der Waals surface area contributed by atoms with Crippen LogP contribution in [0.15, 0.2) is 30.3 Å². The van der Waals surface area contributed by atoms with E-state index in [0.29, 0.717) is 6.61 Å². The topological polar surface area (TPSA) is 66.0 Å². The molecule has 100 valence electrons. The maximum atomic E-state index is 6.05. The molecule has 3 rings (SSSR count). The van der Waals surface area contributed by atoms with E-state index >= 15 is 0 Å². The number of fused-ring (bicyclic) bond motifs is 1. The number of ether oxygens (including phenoxy) is 1. The van der Waals surface area contributed by atoms with Gasteiger partial charge in [0.1, 0.15) is 18.2 Å². The van der Waals surface area contributed by atoms with Crippen LogP contribution in [0.5, 0.6) is 5.75 Å².